The topological polar surface area (TPSA) is 61.4 Å². The Labute approximate surface area is 103 Å². The number of nitrogens with one attached hydrogen (secondary N) is 2. The summed E-state index contributed by atoms with van der Waals surface area (Å²) in [5.41, 5.74) is -0.109. The van der Waals surface area contributed by atoms with Crippen LogP contribution in [0.1, 0.15) is 39.0 Å². The molecule has 3 N–H and O–H groups in total. The standard InChI is InChI=1S/C13H24N2O2/c1-13(9-16)6-2-3-11(13)15-12(17)10-4-7-14-8-5-10/h10-11,14,16H,2-9H2,1H3,(H,15,17). The number of amides is 1. The first-order chi connectivity index (χ1) is 8.15. The molecule has 0 radical (unpaired) electrons. The molecule has 98 valence electrons. The normalized spacial score (nSPS) is 34.8. The molecule has 0 spiro atoms. The van der Waals surface area contributed by atoms with Crippen molar-refractivity contribution in [3.63, 3.8) is 0 Å². The zero-order chi connectivity index (χ0) is 12.3. The van der Waals surface area contributed by atoms with E-state index in [-0.39, 0.29) is 29.9 Å². The molecule has 2 aliphatic rings. The van der Waals surface area contributed by atoms with Gasteiger partial charge in [-0.1, -0.05) is 13.3 Å². The molecule has 0 aromatic rings. The number of hydrogen-bond acceptors (Lipinski definition) is 3. The van der Waals surface area contributed by atoms with Gasteiger partial charge in [0.1, 0.15) is 0 Å². The van der Waals surface area contributed by atoms with E-state index in [4.69, 9.17) is 0 Å². The van der Waals surface area contributed by atoms with Crippen LogP contribution >= 0.6 is 0 Å². The van der Waals surface area contributed by atoms with Crippen molar-refractivity contribution in [3.05, 3.63) is 0 Å². The highest BCUT2D eigenvalue weighted by molar-refractivity contribution is 5.79. The highest BCUT2D eigenvalue weighted by Gasteiger charge is 2.39. The van der Waals surface area contributed by atoms with Crippen LogP contribution in [0.25, 0.3) is 0 Å². The van der Waals surface area contributed by atoms with Crippen molar-refractivity contribution in [2.45, 2.75) is 45.1 Å². The SMILES string of the molecule is CC1(CO)CCCC1NC(=O)C1CCNCC1. The lowest BCUT2D eigenvalue weighted by Crippen LogP contribution is -2.48. The molecule has 0 aromatic carbocycles. The lowest BCUT2D eigenvalue weighted by Gasteiger charge is -2.32. The third-order valence-electron chi connectivity index (χ3n) is 4.47. The molecule has 4 heteroatoms. The lowest BCUT2D eigenvalue weighted by molar-refractivity contribution is -0.127. The van der Waals surface area contributed by atoms with Crippen molar-refractivity contribution in [1.29, 1.82) is 0 Å². The molecule has 1 heterocycles. The van der Waals surface area contributed by atoms with Crippen molar-refractivity contribution in [2.75, 3.05) is 19.7 Å². The fourth-order valence-electron chi connectivity index (χ4n) is 3.04. The van der Waals surface area contributed by atoms with E-state index in [0.29, 0.717) is 0 Å². The van der Waals surface area contributed by atoms with Gasteiger partial charge < -0.3 is 15.7 Å². The minimum Gasteiger partial charge on any atom is -0.396 e. The third kappa shape index (κ3) is 2.80. The molecule has 1 amide bonds. The first-order valence-corrected chi connectivity index (χ1v) is 6.78. The van der Waals surface area contributed by atoms with Crippen LogP contribution in [-0.2, 0) is 4.79 Å². The molecule has 1 aliphatic heterocycles. The van der Waals surface area contributed by atoms with Crippen LogP contribution in [-0.4, -0.2) is 36.8 Å². The molecule has 2 fully saturated rings. The second kappa shape index (κ2) is 5.36. The van der Waals surface area contributed by atoms with Crippen LogP contribution in [0.4, 0.5) is 0 Å². The smallest absolute Gasteiger partial charge is 0.223 e. The molecule has 2 unspecified atom stereocenters. The van der Waals surface area contributed by atoms with E-state index in [2.05, 4.69) is 17.6 Å². The molecule has 0 bridgehead atoms. The van der Waals surface area contributed by atoms with E-state index >= 15 is 0 Å². The Morgan fingerprint density at radius 1 is 1.41 bits per heavy atom. The molecular weight excluding hydrogens is 216 g/mol. The number of hydrogen-bond donors (Lipinski definition) is 3. The van der Waals surface area contributed by atoms with E-state index in [1.165, 1.54) is 0 Å². The predicted octanol–water partition coefficient (Wildman–Crippen LogP) is 0.653. The summed E-state index contributed by atoms with van der Waals surface area (Å²) in [5.74, 6) is 0.359. The van der Waals surface area contributed by atoms with Gasteiger partial charge in [-0.05, 0) is 38.8 Å². The van der Waals surface area contributed by atoms with E-state index in [9.17, 15) is 9.90 Å². The molecule has 1 saturated carbocycles. The van der Waals surface area contributed by atoms with Crippen molar-refractivity contribution >= 4 is 5.91 Å². The van der Waals surface area contributed by atoms with Crippen molar-refractivity contribution in [2.24, 2.45) is 11.3 Å². The summed E-state index contributed by atoms with van der Waals surface area (Å²) < 4.78 is 0. The highest BCUT2D eigenvalue weighted by Crippen LogP contribution is 2.37. The number of aliphatic hydroxyl groups excluding tert-OH is 1. The Morgan fingerprint density at radius 3 is 2.76 bits per heavy atom. The summed E-state index contributed by atoms with van der Waals surface area (Å²) in [4.78, 5) is 12.1. The van der Waals surface area contributed by atoms with Gasteiger partial charge in [0, 0.05) is 17.4 Å². The van der Waals surface area contributed by atoms with Crippen LogP contribution in [0, 0.1) is 11.3 Å². The van der Waals surface area contributed by atoms with Gasteiger partial charge in [0.05, 0.1) is 6.61 Å². The molecule has 4 nitrogen and oxygen atoms in total. The summed E-state index contributed by atoms with van der Waals surface area (Å²) in [5, 5.41) is 15.9. The van der Waals surface area contributed by atoms with Gasteiger partial charge in [0.2, 0.25) is 5.91 Å². The van der Waals surface area contributed by atoms with Gasteiger partial charge in [-0.25, -0.2) is 0 Å². The summed E-state index contributed by atoms with van der Waals surface area (Å²) in [6, 6.07) is 0.162. The highest BCUT2D eigenvalue weighted by atomic mass is 16.3. The number of aliphatic hydroxyl groups is 1. The summed E-state index contributed by atoms with van der Waals surface area (Å²) >= 11 is 0. The first-order valence-electron chi connectivity index (χ1n) is 6.78. The zero-order valence-corrected chi connectivity index (χ0v) is 10.7. The van der Waals surface area contributed by atoms with Gasteiger partial charge in [-0.2, -0.15) is 0 Å². The minimum atomic E-state index is -0.109. The van der Waals surface area contributed by atoms with Gasteiger partial charge in [-0.3, -0.25) is 4.79 Å². The van der Waals surface area contributed by atoms with E-state index in [1.807, 2.05) is 0 Å². The molecule has 1 saturated heterocycles. The largest absolute Gasteiger partial charge is 0.396 e. The quantitative estimate of drug-likeness (QED) is 0.679. The maximum absolute atomic E-state index is 12.1. The Bertz CT molecular complexity index is 277. The molecule has 0 aromatic heterocycles. The molecule has 1 aliphatic carbocycles. The number of carbonyl (C=O) groups excluding carboxylic acids is 1. The summed E-state index contributed by atoms with van der Waals surface area (Å²) in [6.07, 6.45) is 5.01. The Hall–Kier alpha value is -0.610. The average Bonchev–Trinajstić information content (AvgIpc) is 2.73. The molecule has 17 heavy (non-hydrogen) atoms. The maximum Gasteiger partial charge on any atom is 0.223 e. The Balaban J connectivity index is 1.89. The summed E-state index contributed by atoms with van der Waals surface area (Å²) in [6.45, 7) is 4.14. The second-order valence-electron chi connectivity index (χ2n) is 5.79. The second-order valence-corrected chi connectivity index (χ2v) is 5.79. The van der Waals surface area contributed by atoms with Gasteiger partial charge in [-0.15, -0.1) is 0 Å². The fourth-order valence-corrected chi connectivity index (χ4v) is 3.04. The van der Waals surface area contributed by atoms with Crippen LogP contribution in [0.15, 0.2) is 0 Å². The van der Waals surface area contributed by atoms with Gasteiger partial charge >= 0.3 is 0 Å². The number of piperidine rings is 1. The maximum atomic E-state index is 12.1. The zero-order valence-electron chi connectivity index (χ0n) is 10.7. The Kier molecular flexibility index (Phi) is 4.05. The van der Waals surface area contributed by atoms with Crippen LogP contribution in [0.5, 0.6) is 0 Å². The minimum absolute atomic E-state index is 0.109. The third-order valence-corrected chi connectivity index (χ3v) is 4.47. The van der Waals surface area contributed by atoms with Gasteiger partial charge in [0.25, 0.3) is 0 Å². The molecule has 2 rings (SSSR count). The van der Waals surface area contributed by atoms with E-state index in [0.717, 1.165) is 45.2 Å². The molecule has 2 atom stereocenters. The molecular formula is C13H24N2O2. The van der Waals surface area contributed by atoms with Crippen LogP contribution in [0.2, 0.25) is 0 Å². The van der Waals surface area contributed by atoms with Crippen molar-refractivity contribution < 1.29 is 9.90 Å². The van der Waals surface area contributed by atoms with Crippen molar-refractivity contribution in [1.82, 2.24) is 10.6 Å². The number of carbonyl (C=O) groups is 1. The monoisotopic (exact) mass is 240 g/mol. The van der Waals surface area contributed by atoms with Crippen molar-refractivity contribution in [3.8, 4) is 0 Å². The predicted molar refractivity (Wildman–Crippen MR) is 66.6 cm³/mol. The Morgan fingerprint density at radius 2 is 2.12 bits per heavy atom. The van der Waals surface area contributed by atoms with Crippen LogP contribution in [0.3, 0.4) is 0 Å². The van der Waals surface area contributed by atoms with E-state index < -0.39 is 0 Å². The fraction of sp³-hybridized carbons (Fsp3) is 0.923. The lowest BCUT2D eigenvalue weighted by atomic mass is 9.85. The van der Waals surface area contributed by atoms with Gasteiger partial charge in [0.15, 0.2) is 0 Å². The summed E-state index contributed by atoms with van der Waals surface area (Å²) in [7, 11) is 0. The first kappa shape index (κ1) is 12.8. The number of rotatable bonds is 3. The average molecular weight is 240 g/mol. The van der Waals surface area contributed by atoms with E-state index in [1.54, 1.807) is 0 Å². The van der Waals surface area contributed by atoms with Crippen LogP contribution < -0.4 is 10.6 Å².